The van der Waals surface area contributed by atoms with Crippen molar-refractivity contribution in [3.05, 3.63) is 53.9 Å². The van der Waals surface area contributed by atoms with Gasteiger partial charge in [-0.1, -0.05) is 12.1 Å². The van der Waals surface area contributed by atoms with Gasteiger partial charge in [-0.25, -0.2) is 8.42 Å². The third-order valence-electron chi connectivity index (χ3n) is 6.55. The summed E-state index contributed by atoms with van der Waals surface area (Å²) >= 11 is 0. The summed E-state index contributed by atoms with van der Waals surface area (Å²) < 4.78 is 70.8. The van der Waals surface area contributed by atoms with Gasteiger partial charge in [-0.05, 0) is 49.7 Å². The van der Waals surface area contributed by atoms with Gasteiger partial charge in [0.15, 0.2) is 0 Å². The lowest BCUT2D eigenvalue weighted by molar-refractivity contribution is -0.141. The van der Waals surface area contributed by atoms with Gasteiger partial charge in [0.1, 0.15) is 11.4 Å². The SMILES string of the molecule is COc1cccc(S(=O)(=O)N2CCN(C3CCN(Cc4ccc(C(F)(F)F)nc4)CC3)CC2)c1. The monoisotopic (exact) mass is 498 g/mol. The van der Waals surface area contributed by atoms with Gasteiger partial charge < -0.3 is 4.74 Å². The number of rotatable bonds is 6. The lowest BCUT2D eigenvalue weighted by Crippen LogP contribution is -2.54. The summed E-state index contributed by atoms with van der Waals surface area (Å²) in [6.45, 7) is 4.49. The number of pyridine rings is 1. The van der Waals surface area contributed by atoms with Crippen LogP contribution < -0.4 is 4.74 Å². The van der Waals surface area contributed by atoms with Crippen LogP contribution in [0.4, 0.5) is 13.2 Å². The van der Waals surface area contributed by atoms with E-state index in [0.717, 1.165) is 37.6 Å². The van der Waals surface area contributed by atoms with Crippen molar-refractivity contribution in [1.82, 2.24) is 19.1 Å². The molecule has 2 aliphatic rings. The molecule has 34 heavy (non-hydrogen) atoms. The molecule has 0 atom stereocenters. The number of piperidine rings is 1. The van der Waals surface area contributed by atoms with Gasteiger partial charge in [0.05, 0.1) is 12.0 Å². The molecule has 0 radical (unpaired) electrons. The van der Waals surface area contributed by atoms with Crippen LogP contribution in [0.2, 0.25) is 0 Å². The van der Waals surface area contributed by atoms with E-state index in [1.165, 1.54) is 23.7 Å². The normalized spacial score (nSPS) is 19.9. The molecule has 3 heterocycles. The zero-order valence-corrected chi connectivity index (χ0v) is 19.9. The Kier molecular flexibility index (Phi) is 7.46. The number of nitrogens with zero attached hydrogens (tertiary/aromatic N) is 4. The van der Waals surface area contributed by atoms with Crippen molar-refractivity contribution in [2.75, 3.05) is 46.4 Å². The molecule has 0 bridgehead atoms. The second kappa shape index (κ2) is 10.2. The van der Waals surface area contributed by atoms with Crippen molar-refractivity contribution in [3.8, 4) is 5.75 Å². The Morgan fingerprint density at radius 3 is 2.32 bits per heavy atom. The summed E-state index contributed by atoms with van der Waals surface area (Å²) in [6, 6.07) is 9.43. The number of alkyl halides is 3. The molecule has 0 amide bonds. The van der Waals surface area contributed by atoms with Gasteiger partial charge in [-0.15, -0.1) is 0 Å². The van der Waals surface area contributed by atoms with Crippen LogP contribution in [0.15, 0.2) is 47.5 Å². The largest absolute Gasteiger partial charge is 0.497 e. The Balaban J connectivity index is 1.26. The number of aromatic nitrogens is 1. The van der Waals surface area contributed by atoms with Crippen LogP contribution in [0, 0.1) is 0 Å². The molecule has 0 N–H and O–H groups in total. The zero-order valence-electron chi connectivity index (χ0n) is 19.0. The molecule has 0 saturated carbocycles. The number of likely N-dealkylation sites (tertiary alicyclic amines) is 1. The van der Waals surface area contributed by atoms with E-state index in [2.05, 4.69) is 14.8 Å². The average molecular weight is 499 g/mol. The van der Waals surface area contributed by atoms with Gasteiger partial charge in [0.25, 0.3) is 0 Å². The highest BCUT2D eigenvalue weighted by Crippen LogP contribution is 2.28. The number of ether oxygens (including phenoxy) is 1. The Morgan fingerprint density at radius 1 is 1.03 bits per heavy atom. The number of hydrogen-bond acceptors (Lipinski definition) is 6. The van der Waals surface area contributed by atoms with E-state index < -0.39 is 21.9 Å². The van der Waals surface area contributed by atoms with Crippen LogP contribution in [0.1, 0.15) is 24.1 Å². The maximum absolute atomic E-state index is 13.0. The van der Waals surface area contributed by atoms with Crippen LogP contribution >= 0.6 is 0 Å². The molecular formula is C23H29F3N4O3S. The highest BCUT2D eigenvalue weighted by Gasteiger charge is 2.33. The molecule has 2 fully saturated rings. The molecule has 11 heteroatoms. The summed E-state index contributed by atoms with van der Waals surface area (Å²) in [5, 5.41) is 0. The minimum absolute atomic E-state index is 0.242. The summed E-state index contributed by atoms with van der Waals surface area (Å²) in [7, 11) is -2.05. The molecule has 7 nitrogen and oxygen atoms in total. The van der Waals surface area contributed by atoms with Crippen molar-refractivity contribution in [3.63, 3.8) is 0 Å². The fourth-order valence-electron chi connectivity index (χ4n) is 4.61. The third kappa shape index (κ3) is 5.70. The summed E-state index contributed by atoms with van der Waals surface area (Å²) in [5.41, 5.74) is -0.106. The molecule has 0 aliphatic carbocycles. The summed E-state index contributed by atoms with van der Waals surface area (Å²) in [4.78, 5) is 8.37. The van der Waals surface area contributed by atoms with Crippen molar-refractivity contribution in [2.45, 2.75) is 36.5 Å². The first-order valence-corrected chi connectivity index (χ1v) is 12.7. The minimum atomic E-state index is -4.42. The van der Waals surface area contributed by atoms with E-state index >= 15 is 0 Å². The van der Waals surface area contributed by atoms with Gasteiger partial charge >= 0.3 is 6.18 Å². The van der Waals surface area contributed by atoms with E-state index in [9.17, 15) is 21.6 Å². The van der Waals surface area contributed by atoms with Gasteiger partial charge in [-0.2, -0.15) is 17.5 Å². The molecular weight excluding hydrogens is 469 g/mol. The molecule has 1 aromatic heterocycles. The number of methoxy groups -OCH3 is 1. The lowest BCUT2D eigenvalue weighted by Gasteiger charge is -2.42. The van der Waals surface area contributed by atoms with Crippen molar-refractivity contribution < 1.29 is 26.3 Å². The van der Waals surface area contributed by atoms with Crippen molar-refractivity contribution in [1.29, 1.82) is 0 Å². The second-order valence-electron chi connectivity index (χ2n) is 8.68. The predicted molar refractivity (Wildman–Crippen MR) is 121 cm³/mol. The van der Waals surface area contributed by atoms with Gasteiger partial charge in [-0.3, -0.25) is 14.8 Å². The topological polar surface area (TPSA) is 66.0 Å². The quantitative estimate of drug-likeness (QED) is 0.610. The third-order valence-corrected chi connectivity index (χ3v) is 8.44. The number of hydrogen-bond donors (Lipinski definition) is 0. The van der Waals surface area contributed by atoms with E-state index in [1.807, 2.05) is 0 Å². The first-order valence-electron chi connectivity index (χ1n) is 11.3. The molecule has 0 unspecified atom stereocenters. The van der Waals surface area contributed by atoms with Crippen LogP contribution in [0.5, 0.6) is 5.75 Å². The number of sulfonamides is 1. The van der Waals surface area contributed by atoms with E-state index in [0.29, 0.717) is 44.5 Å². The Hall–Kier alpha value is -2.21. The highest BCUT2D eigenvalue weighted by atomic mass is 32.2. The van der Waals surface area contributed by atoms with Crippen LogP contribution in [0.25, 0.3) is 0 Å². The fraction of sp³-hybridized carbons (Fsp3) is 0.522. The average Bonchev–Trinajstić information content (AvgIpc) is 2.84. The standard InChI is InChI=1S/C23H29F3N4O3S/c1-33-20-3-2-4-21(15-20)34(31,32)30-13-11-29(12-14-30)19-7-9-28(10-8-19)17-18-5-6-22(27-16-18)23(24,25)26/h2-6,15-16,19H,7-14,17H2,1H3. The highest BCUT2D eigenvalue weighted by molar-refractivity contribution is 7.89. The van der Waals surface area contributed by atoms with Crippen molar-refractivity contribution >= 4 is 10.0 Å². The zero-order chi connectivity index (χ0) is 24.3. The first kappa shape index (κ1) is 24.9. The minimum Gasteiger partial charge on any atom is -0.497 e. The lowest BCUT2D eigenvalue weighted by atomic mass is 10.0. The van der Waals surface area contributed by atoms with Crippen LogP contribution in [-0.4, -0.2) is 79.9 Å². The summed E-state index contributed by atoms with van der Waals surface area (Å²) in [5.74, 6) is 0.513. The maximum atomic E-state index is 13.0. The predicted octanol–water partition coefficient (Wildman–Crippen LogP) is 3.08. The Morgan fingerprint density at radius 2 is 1.74 bits per heavy atom. The van der Waals surface area contributed by atoms with Gasteiger partial charge in [0, 0.05) is 51.0 Å². The van der Waals surface area contributed by atoms with Gasteiger partial charge in [0.2, 0.25) is 10.0 Å². The molecule has 0 spiro atoms. The Bertz CT molecular complexity index is 1060. The number of benzene rings is 1. The number of piperazine rings is 1. The molecule has 2 aliphatic heterocycles. The molecule has 1 aromatic carbocycles. The van der Waals surface area contributed by atoms with E-state index in [1.54, 1.807) is 24.3 Å². The van der Waals surface area contributed by atoms with Crippen molar-refractivity contribution in [2.24, 2.45) is 0 Å². The van der Waals surface area contributed by atoms with E-state index in [4.69, 9.17) is 4.74 Å². The molecule has 2 saturated heterocycles. The van der Waals surface area contributed by atoms with Crippen LogP contribution in [0.3, 0.4) is 0 Å². The van der Waals surface area contributed by atoms with E-state index in [-0.39, 0.29) is 4.90 Å². The number of halogens is 3. The Labute approximate surface area is 198 Å². The smallest absolute Gasteiger partial charge is 0.433 e. The molecule has 2 aromatic rings. The van der Waals surface area contributed by atoms with Crippen LogP contribution in [-0.2, 0) is 22.7 Å². The molecule has 186 valence electrons. The summed E-state index contributed by atoms with van der Waals surface area (Å²) in [6.07, 6.45) is -1.24. The first-order chi connectivity index (χ1) is 16.2. The second-order valence-corrected chi connectivity index (χ2v) is 10.6. The molecule has 4 rings (SSSR count). The maximum Gasteiger partial charge on any atom is 0.433 e. The fourth-order valence-corrected chi connectivity index (χ4v) is 6.06.